The van der Waals surface area contributed by atoms with Gasteiger partial charge in [-0.05, 0) is 39.0 Å². The molecule has 0 aromatic carbocycles. The summed E-state index contributed by atoms with van der Waals surface area (Å²) in [5.41, 5.74) is -0.327. The molecule has 1 amide bonds. The molecule has 2 bridgehead atoms. The lowest BCUT2D eigenvalue weighted by atomic mass is 9.98. The van der Waals surface area contributed by atoms with Gasteiger partial charge in [-0.25, -0.2) is 0 Å². The van der Waals surface area contributed by atoms with Crippen LogP contribution in [0.25, 0.3) is 0 Å². The second-order valence-electron chi connectivity index (χ2n) is 6.59. The van der Waals surface area contributed by atoms with E-state index in [1.165, 1.54) is 19.3 Å². The van der Waals surface area contributed by atoms with Crippen molar-refractivity contribution in [3.8, 4) is 0 Å². The van der Waals surface area contributed by atoms with Crippen molar-refractivity contribution in [2.75, 3.05) is 32.7 Å². The molecular formula is C14H25N3O. The minimum absolute atomic E-state index is 0.327. The molecule has 0 spiro atoms. The van der Waals surface area contributed by atoms with Crippen molar-refractivity contribution in [1.82, 2.24) is 15.1 Å². The first kappa shape index (κ1) is 12.4. The third-order valence-electron chi connectivity index (χ3n) is 5.10. The van der Waals surface area contributed by atoms with Gasteiger partial charge in [0.1, 0.15) is 0 Å². The number of fused-ring (bicyclic) bond motifs is 2. The van der Waals surface area contributed by atoms with Crippen molar-refractivity contribution in [1.29, 1.82) is 0 Å². The van der Waals surface area contributed by atoms with Gasteiger partial charge >= 0.3 is 0 Å². The molecule has 2 heterocycles. The molecule has 1 aliphatic carbocycles. The summed E-state index contributed by atoms with van der Waals surface area (Å²) in [5.74, 6) is 1.15. The summed E-state index contributed by atoms with van der Waals surface area (Å²) in [5, 5.41) is 3.36. The van der Waals surface area contributed by atoms with Gasteiger partial charge in [-0.1, -0.05) is 0 Å². The highest BCUT2D eigenvalue weighted by Gasteiger charge is 2.46. The number of piperidine rings is 1. The SMILES string of the molecule is CC(C)(C(=O)N1CC2CCC1C2)N1CCNCC1. The molecule has 2 atom stereocenters. The predicted octanol–water partition coefficient (Wildman–Crippen LogP) is 0.681. The molecule has 1 N–H and O–H groups in total. The Kier molecular flexibility index (Phi) is 3.10. The molecule has 3 rings (SSSR count). The number of carbonyl (C=O) groups excluding carboxylic acids is 1. The van der Waals surface area contributed by atoms with Crippen LogP contribution in [0.5, 0.6) is 0 Å². The summed E-state index contributed by atoms with van der Waals surface area (Å²) >= 11 is 0. The van der Waals surface area contributed by atoms with Crippen LogP contribution < -0.4 is 5.32 Å². The van der Waals surface area contributed by atoms with E-state index in [4.69, 9.17) is 0 Å². The first-order chi connectivity index (χ1) is 8.59. The predicted molar refractivity (Wildman–Crippen MR) is 71.4 cm³/mol. The van der Waals surface area contributed by atoms with Crippen molar-refractivity contribution in [2.45, 2.75) is 44.7 Å². The van der Waals surface area contributed by atoms with Gasteiger partial charge in [-0.3, -0.25) is 9.69 Å². The molecule has 0 aromatic heterocycles. The minimum Gasteiger partial charge on any atom is -0.338 e. The van der Waals surface area contributed by atoms with Crippen LogP contribution in [0.15, 0.2) is 0 Å². The van der Waals surface area contributed by atoms with Crippen molar-refractivity contribution in [3.05, 3.63) is 0 Å². The van der Waals surface area contributed by atoms with Gasteiger partial charge in [-0.2, -0.15) is 0 Å². The first-order valence-corrected chi connectivity index (χ1v) is 7.36. The Morgan fingerprint density at radius 1 is 1.22 bits per heavy atom. The number of nitrogens with one attached hydrogen (secondary N) is 1. The molecule has 0 radical (unpaired) electrons. The number of hydrogen-bond acceptors (Lipinski definition) is 3. The second kappa shape index (κ2) is 4.49. The lowest BCUT2D eigenvalue weighted by Crippen LogP contribution is -2.61. The zero-order chi connectivity index (χ0) is 12.8. The molecular weight excluding hydrogens is 226 g/mol. The van der Waals surface area contributed by atoms with Crippen LogP contribution in [0.4, 0.5) is 0 Å². The number of rotatable bonds is 2. The van der Waals surface area contributed by atoms with Crippen molar-refractivity contribution in [2.24, 2.45) is 5.92 Å². The van der Waals surface area contributed by atoms with Gasteiger partial charge in [0.05, 0.1) is 5.54 Å². The standard InChI is InChI=1S/C14H25N3O/c1-14(2,16-7-5-15-6-8-16)13(18)17-10-11-3-4-12(17)9-11/h11-12,15H,3-10H2,1-2H3. The van der Waals surface area contributed by atoms with Crippen LogP contribution in [0, 0.1) is 5.92 Å². The highest BCUT2D eigenvalue weighted by Crippen LogP contribution is 2.39. The maximum absolute atomic E-state index is 12.8. The highest BCUT2D eigenvalue weighted by atomic mass is 16.2. The number of carbonyl (C=O) groups is 1. The van der Waals surface area contributed by atoms with E-state index >= 15 is 0 Å². The Balaban J connectivity index is 1.70. The number of piperazine rings is 1. The maximum Gasteiger partial charge on any atom is 0.242 e. The molecule has 2 saturated heterocycles. The van der Waals surface area contributed by atoms with Crippen LogP contribution >= 0.6 is 0 Å². The highest BCUT2D eigenvalue weighted by molar-refractivity contribution is 5.86. The van der Waals surface area contributed by atoms with Crippen molar-refractivity contribution in [3.63, 3.8) is 0 Å². The third kappa shape index (κ3) is 1.95. The van der Waals surface area contributed by atoms with Gasteiger partial charge in [0.15, 0.2) is 0 Å². The molecule has 2 aliphatic heterocycles. The summed E-state index contributed by atoms with van der Waals surface area (Å²) in [7, 11) is 0. The average Bonchev–Trinajstić information content (AvgIpc) is 3.01. The maximum atomic E-state index is 12.8. The fourth-order valence-electron chi connectivity index (χ4n) is 3.88. The molecule has 4 heteroatoms. The average molecular weight is 251 g/mol. The number of amides is 1. The minimum atomic E-state index is -0.327. The molecule has 1 saturated carbocycles. The van der Waals surface area contributed by atoms with Gasteiger partial charge < -0.3 is 10.2 Å². The van der Waals surface area contributed by atoms with E-state index in [1.54, 1.807) is 0 Å². The van der Waals surface area contributed by atoms with Gasteiger partial charge in [0.25, 0.3) is 0 Å². The lowest BCUT2D eigenvalue weighted by Gasteiger charge is -2.43. The zero-order valence-electron chi connectivity index (χ0n) is 11.6. The summed E-state index contributed by atoms with van der Waals surface area (Å²) < 4.78 is 0. The first-order valence-electron chi connectivity index (χ1n) is 7.36. The smallest absolute Gasteiger partial charge is 0.242 e. The molecule has 2 unspecified atom stereocenters. The fourth-order valence-corrected chi connectivity index (χ4v) is 3.88. The number of nitrogens with zero attached hydrogens (tertiary/aromatic N) is 2. The normalized spacial score (nSPS) is 33.1. The summed E-state index contributed by atoms with van der Waals surface area (Å²) in [4.78, 5) is 17.3. The van der Waals surface area contributed by atoms with Crippen LogP contribution in [0.2, 0.25) is 0 Å². The summed E-state index contributed by atoms with van der Waals surface area (Å²) in [6.45, 7) is 9.20. The number of likely N-dealkylation sites (tertiary alicyclic amines) is 1. The Hall–Kier alpha value is -0.610. The van der Waals surface area contributed by atoms with Gasteiger partial charge in [0, 0.05) is 38.8 Å². The quantitative estimate of drug-likeness (QED) is 0.784. The molecule has 102 valence electrons. The molecule has 4 nitrogen and oxygen atoms in total. The molecule has 18 heavy (non-hydrogen) atoms. The summed E-state index contributed by atoms with van der Waals surface area (Å²) in [6.07, 6.45) is 3.82. The van der Waals surface area contributed by atoms with E-state index in [1.807, 2.05) is 0 Å². The van der Waals surface area contributed by atoms with E-state index in [0.717, 1.165) is 38.6 Å². The van der Waals surface area contributed by atoms with Crippen LogP contribution in [0.3, 0.4) is 0 Å². The molecule has 3 aliphatic rings. The van der Waals surface area contributed by atoms with E-state index < -0.39 is 0 Å². The zero-order valence-corrected chi connectivity index (χ0v) is 11.6. The lowest BCUT2D eigenvalue weighted by molar-refractivity contribution is -0.144. The second-order valence-corrected chi connectivity index (χ2v) is 6.59. The van der Waals surface area contributed by atoms with Crippen molar-refractivity contribution < 1.29 is 4.79 Å². The largest absolute Gasteiger partial charge is 0.338 e. The van der Waals surface area contributed by atoms with E-state index in [0.29, 0.717) is 11.9 Å². The van der Waals surface area contributed by atoms with E-state index in [-0.39, 0.29) is 5.54 Å². The topological polar surface area (TPSA) is 35.6 Å². The third-order valence-corrected chi connectivity index (χ3v) is 5.10. The van der Waals surface area contributed by atoms with Crippen molar-refractivity contribution >= 4 is 5.91 Å². The Morgan fingerprint density at radius 3 is 2.50 bits per heavy atom. The van der Waals surface area contributed by atoms with Crippen LogP contribution in [-0.4, -0.2) is 60.0 Å². The van der Waals surface area contributed by atoms with Gasteiger partial charge in [-0.15, -0.1) is 0 Å². The molecule has 3 fully saturated rings. The Morgan fingerprint density at radius 2 is 1.94 bits per heavy atom. The van der Waals surface area contributed by atoms with Crippen LogP contribution in [-0.2, 0) is 4.79 Å². The monoisotopic (exact) mass is 251 g/mol. The van der Waals surface area contributed by atoms with E-state index in [9.17, 15) is 4.79 Å². The van der Waals surface area contributed by atoms with Gasteiger partial charge in [0.2, 0.25) is 5.91 Å². The molecule has 0 aromatic rings. The Labute approximate surface area is 110 Å². The van der Waals surface area contributed by atoms with Crippen LogP contribution in [0.1, 0.15) is 33.1 Å². The fraction of sp³-hybridized carbons (Fsp3) is 0.929. The van der Waals surface area contributed by atoms with E-state index in [2.05, 4.69) is 29.0 Å². The number of hydrogen-bond donors (Lipinski definition) is 1. The Bertz CT molecular complexity index is 336. The summed E-state index contributed by atoms with van der Waals surface area (Å²) in [6, 6.07) is 0.546.